The molecular formula is C19H16F2N4O4. The Kier molecular flexibility index (Phi) is 6.12. The molecule has 1 amide bonds. The van der Waals surface area contributed by atoms with E-state index in [4.69, 9.17) is 4.74 Å². The summed E-state index contributed by atoms with van der Waals surface area (Å²) in [7, 11) is 0. The van der Waals surface area contributed by atoms with Crippen LogP contribution in [0.4, 0.5) is 14.5 Å². The highest BCUT2D eigenvalue weighted by atomic mass is 19.3. The summed E-state index contributed by atoms with van der Waals surface area (Å²) in [6, 6.07) is 14.3. The second-order valence-corrected chi connectivity index (χ2v) is 5.79. The molecule has 1 aromatic heterocycles. The second kappa shape index (κ2) is 8.91. The molecule has 0 unspecified atom stereocenters. The number of hydrogen-bond donors (Lipinski definition) is 1. The number of aromatic nitrogens is 3. The van der Waals surface area contributed by atoms with Gasteiger partial charge in [0.1, 0.15) is 5.75 Å². The molecule has 3 aromatic rings. The van der Waals surface area contributed by atoms with Gasteiger partial charge in [0.2, 0.25) is 0 Å². The number of benzene rings is 2. The van der Waals surface area contributed by atoms with Crippen LogP contribution in [0, 0.1) is 6.92 Å². The molecule has 0 aliphatic heterocycles. The molecule has 29 heavy (non-hydrogen) atoms. The van der Waals surface area contributed by atoms with Crippen LogP contribution in [-0.2, 0) is 9.53 Å². The smallest absolute Gasteiger partial charge is 0.387 e. The number of alkyl halides is 2. The fourth-order valence-corrected chi connectivity index (χ4v) is 2.36. The van der Waals surface area contributed by atoms with Gasteiger partial charge in [0.15, 0.2) is 12.3 Å². The number of ether oxygens (including phenoxy) is 2. The number of amides is 1. The van der Waals surface area contributed by atoms with E-state index in [1.807, 2.05) is 18.2 Å². The van der Waals surface area contributed by atoms with Crippen LogP contribution < -0.4 is 10.1 Å². The minimum Gasteiger partial charge on any atom is -0.451 e. The van der Waals surface area contributed by atoms with Crippen LogP contribution in [0.1, 0.15) is 16.2 Å². The first-order valence-electron chi connectivity index (χ1n) is 8.43. The van der Waals surface area contributed by atoms with Crippen molar-refractivity contribution >= 4 is 17.6 Å². The largest absolute Gasteiger partial charge is 0.451 e. The van der Waals surface area contributed by atoms with Gasteiger partial charge in [-0.3, -0.25) is 4.79 Å². The van der Waals surface area contributed by atoms with Crippen molar-refractivity contribution in [3.8, 4) is 11.4 Å². The Morgan fingerprint density at radius 1 is 1.07 bits per heavy atom. The number of aryl methyl sites for hydroxylation is 1. The number of hydrogen-bond acceptors (Lipinski definition) is 6. The summed E-state index contributed by atoms with van der Waals surface area (Å²) in [5, 5.41) is 10.7. The Hall–Kier alpha value is -3.82. The molecule has 0 saturated heterocycles. The van der Waals surface area contributed by atoms with E-state index in [-0.39, 0.29) is 11.4 Å². The van der Waals surface area contributed by atoms with Gasteiger partial charge in [-0.05, 0) is 43.3 Å². The Balaban J connectivity index is 1.55. The van der Waals surface area contributed by atoms with Gasteiger partial charge in [0.05, 0.1) is 11.4 Å². The molecule has 0 aliphatic rings. The molecule has 2 aromatic carbocycles. The Morgan fingerprint density at radius 3 is 2.41 bits per heavy atom. The van der Waals surface area contributed by atoms with Gasteiger partial charge in [-0.15, -0.1) is 5.10 Å². The topological polar surface area (TPSA) is 95.3 Å². The molecule has 0 bridgehead atoms. The zero-order valence-corrected chi connectivity index (χ0v) is 15.2. The summed E-state index contributed by atoms with van der Waals surface area (Å²) < 4.78 is 33.4. The van der Waals surface area contributed by atoms with Crippen molar-refractivity contribution in [3.63, 3.8) is 0 Å². The quantitative estimate of drug-likeness (QED) is 0.611. The number of nitrogens with zero attached hydrogens (tertiary/aromatic N) is 3. The predicted octanol–water partition coefficient (Wildman–Crippen LogP) is 2.97. The highest BCUT2D eigenvalue weighted by Crippen LogP contribution is 2.17. The second-order valence-electron chi connectivity index (χ2n) is 5.79. The van der Waals surface area contributed by atoms with Crippen LogP contribution in [-0.4, -0.2) is 40.1 Å². The standard InChI is InChI=1S/C19H16F2N4O4/c1-12-17(24-25(23-12)14-5-3-2-4-6-14)18(27)28-11-16(26)22-13-7-9-15(10-8-13)29-19(20)21/h2-10,19H,11H2,1H3,(H,22,26). The lowest BCUT2D eigenvalue weighted by Gasteiger charge is -2.08. The van der Waals surface area contributed by atoms with Gasteiger partial charge < -0.3 is 14.8 Å². The zero-order chi connectivity index (χ0) is 20.8. The summed E-state index contributed by atoms with van der Waals surface area (Å²) in [4.78, 5) is 25.5. The summed E-state index contributed by atoms with van der Waals surface area (Å²) >= 11 is 0. The van der Waals surface area contributed by atoms with E-state index in [2.05, 4.69) is 20.3 Å². The minimum atomic E-state index is -2.93. The first-order chi connectivity index (χ1) is 13.9. The zero-order valence-electron chi connectivity index (χ0n) is 15.2. The average Bonchev–Trinajstić information content (AvgIpc) is 3.10. The predicted molar refractivity (Wildman–Crippen MR) is 98.1 cm³/mol. The third-order valence-corrected chi connectivity index (χ3v) is 3.66. The van der Waals surface area contributed by atoms with Crippen molar-refractivity contribution in [3.05, 3.63) is 66.0 Å². The van der Waals surface area contributed by atoms with E-state index in [9.17, 15) is 18.4 Å². The van der Waals surface area contributed by atoms with E-state index in [1.165, 1.54) is 29.1 Å². The molecule has 150 valence electrons. The van der Waals surface area contributed by atoms with Crippen molar-refractivity contribution in [1.82, 2.24) is 15.0 Å². The molecule has 1 heterocycles. The van der Waals surface area contributed by atoms with E-state index in [0.29, 0.717) is 17.1 Å². The maximum Gasteiger partial charge on any atom is 0.387 e. The number of esters is 1. The van der Waals surface area contributed by atoms with Gasteiger partial charge in [-0.2, -0.15) is 18.7 Å². The van der Waals surface area contributed by atoms with Gasteiger partial charge in [-0.1, -0.05) is 18.2 Å². The third kappa shape index (κ3) is 5.34. The Bertz CT molecular complexity index is 991. The number of carbonyl (C=O) groups is 2. The number of halogens is 2. The molecule has 1 N–H and O–H groups in total. The van der Waals surface area contributed by atoms with Gasteiger partial charge in [-0.25, -0.2) is 4.79 Å². The minimum absolute atomic E-state index is 0.00449. The lowest BCUT2D eigenvalue weighted by molar-refractivity contribution is -0.119. The Morgan fingerprint density at radius 2 is 1.76 bits per heavy atom. The number of nitrogens with one attached hydrogen (secondary N) is 1. The molecule has 0 aliphatic carbocycles. The van der Waals surface area contributed by atoms with Crippen LogP contribution >= 0.6 is 0 Å². The van der Waals surface area contributed by atoms with Crippen LogP contribution in [0.15, 0.2) is 54.6 Å². The maximum atomic E-state index is 12.2. The van der Waals surface area contributed by atoms with Gasteiger partial charge in [0, 0.05) is 5.69 Å². The van der Waals surface area contributed by atoms with Crippen LogP contribution in [0.3, 0.4) is 0 Å². The first kappa shape index (κ1) is 19.9. The molecule has 0 spiro atoms. The molecule has 0 atom stereocenters. The monoisotopic (exact) mass is 402 g/mol. The molecular weight excluding hydrogens is 386 g/mol. The van der Waals surface area contributed by atoms with Crippen LogP contribution in [0.25, 0.3) is 5.69 Å². The van der Waals surface area contributed by atoms with Crippen molar-refractivity contribution < 1.29 is 27.8 Å². The van der Waals surface area contributed by atoms with Gasteiger partial charge >= 0.3 is 12.6 Å². The summed E-state index contributed by atoms with van der Waals surface area (Å²) in [6.45, 7) is -1.88. The van der Waals surface area contributed by atoms with Crippen molar-refractivity contribution in [2.75, 3.05) is 11.9 Å². The van der Waals surface area contributed by atoms with Crippen LogP contribution in [0.2, 0.25) is 0 Å². The highest BCUT2D eigenvalue weighted by Gasteiger charge is 2.19. The van der Waals surface area contributed by atoms with E-state index < -0.39 is 25.1 Å². The molecule has 0 saturated carbocycles. The molecule has 0 fully saturated rings. The Labute approximate surface area is 164 Å². The average molecular weight is 402 g/mol. The van der Waals surface area contributed by atoms with Gasteiger partial charge in [0.25, 0.3) is 5.91 Å². The van der Waals surface area contributed by atoms with E-state index >= 15 is 0 Å². The van der Waals surface area contributed by atoms with Crippen LogP contribution in [0.5, 0.6) is 5.75 Å². The number of rotatable bonds is 7. The van der Waals surface area contributed by atoms with Crippen molar-refractivity contribution in [2.24, 2.45) is 0 Å². The van der Waals surface area contributed by atoms with E-state index in [1.54, 1.807) is 19.1 Å². The molecule has 10 heteroatoms. The van der Waals surface area contributed by atoms with Crippen molar-refractivity contribution in [2.45, 2.75) is 13.5 Å². The highest BCUT2D eigenvalue weighted by molar-refractivity contribution is 5.95. The number of anilines is 1. The molecule has 0 radical (unpaired) electrons. The fourth-order valence-electron chi connectivity index (χ4n) is 2.36. The molecule has 8 nitrogen and oxygen atoms in total. The summed E-state index contributed by atoms with van der Waals surface area (Å²) in [5.41, 5.74) is 1.36. The summed E-state index contributed by atoms with van der Waals surface area (Å²) in [5.74, 6) is -1.43. The lowest BCUT2D eigenvalue weighted by atomic mass is 10.3. The normalized spacial score (nSPS) is 10.6. The van der Waals surface area contributed by atoms with E-state index in [0.717, 1.165) is 0 Å². The summed E-state index contributed by atoms with van der Waals surface area (Å²) in [6.07, 6.45) is 0. The third-order valence-electron chi connectivity index (χ3n) is 3.66. The SMILES string of the molecule is Cc1nn(-c2ccccc2)nc1C(=O)OCC(=O)Nc1ccc(OC(F)F)cc1. The lowest BCUT2D eigenvalue weighted by Crippen LogP contribution is -2.21. The van der Waals surface area contributed by atoms with Crippen molar-refractivity contribution in [1.29, 1.82) is 0 Å². The first-order valence-corrected chi connectivity index (χ1v) is 8.43. The molecule has 3 rings (SSSR count). The number of carbonyl (C=O) groups excluding carboxylic acids is 2. The fraction of sp³-hybridized carbons (Fsp3) is 0.158. The maximum absolute atomic E-state index is 12.2. The number of para-hydroxylation sites is 1.